The van der Waals surface area contributed by atoms with Crippen molar-refractivity contribution in [3.63, 3.8) is 0 Å². The Bertz CT molecular complexity index is 763. The highest BCUT2D eigenvalue weighted by atomic mass is 16.5. The molecule has 1 saturated heterocycles. The van der Waals surface area contributed by atoms with E-state index in [1.807, 2.05) is 4.90 Å². The summed E-state index contributed by atoms with van der Waals surface area (Å²) in [6, 6.07) is 7.13. The van der Waals surface area contributed by atoms with E-state index in [4.69, 9.17) is 9.15 Å². The Morgan fingerprint density at radius 1 is 1.08 bits per heavy atom. The molecule has 2 fully saturated rings. The van der Waals surface area contributed by atoms with Gasteiger partial charge in [0.25, 0.3) is 5.91 Å². The Kier molecular flexibility index (Phi) is 4.55. The zero-order valence-electron chi connectivity index (χ0n) is 14.3. The van der Waals surface area contributed by atoms with Gasteiger partial charge in [0.1, 0.15) is 5.75 Å². The van der Waals surface area contributed by atoms with E-state index in [9.17, 15) is 9.59 Å². The quantitative estimate of drug-likeness (QED) is 0.800. The van der Waals surface area contributed by atoms with Gasteiger partial charge in [0.05, 0.1) is 0 Å². The number of rotatable bonds is 5. The van der Waals surface area contributed by atoms with Crippen molar-refractivity contribution in [3.05, 3.63) is 30.7 Å². The average Bonchev–Trinajstić information content (AvgIpc) is 3.40. The fourth-order valence-electron chi connectivity index (χ4n) is 2.99. The maximum absolute atomic E-state index is 12.3. The van der Waals surface area contributed by atoms with Crippen molar-refractivity contribution in [3.8, 4) is 17.2 Å². The minimum absolute atomic E-state index is 0.0174. The highest BCUT2D eigenvalue weighted by Gasteiger charge is 2.35. The van der Waals surface area contributed by atoms with Crippen molar-refractivity contribution in [2.24, 2.45) is 5.92 Å². The summed E-state index contributed by atoms with van der Waals surface area (Å²) in [5, 5.41) is 7.48. The topological polar surface area (TPSA) is 88.8 Å². The molecule has 136 valence electrons. The summed E-state index contributed by atoms with van der Waals surface area (Å²) in [5.41, 5.74) is 0.789. The summed E-state index contributed by atoms with van der Waals surface area (Å²) in [4.78, 5) is 28.0. The number of benzene rings is 1. The van der Waals surface area contributed by atoms with Crippen LogP contribution in [0.5, 0.6) is 5.75 Å². The lowest BCUT2D eigenvalue weighted by Gasteiger charge is -2.34. The third kappa shape index (κ3) is 3.68. The molecule has 1 aromatic carbocycles. The lowest BCUT2D eigenvalue weighted by Crippen LogP contribution is -2.52. The first-order chi connectivity index (χ1) is 12.7. The second kappa shape index (κ2) is 7.15. The molecule has 0 unspecified atom stereocenters. The van der Waals surface area contributed by atoms with E-state index in [1.165, 1.54) is 6.39 Å². The molecule has 8 nitrogen and oxygen atoms in total. The van der Waals surface area contributed by atoms with Crippen LogP contribution in [0.15, 0.2) is 35.1 Å². The fourth-order valence-corrected chi connectivity index (χ4v) is 2.99. The number of ether oxygens (including phenoxy) is 1. The number of aromatic nitrogens is 2. The first-order valence-electron chi connectivity index (χ1n) is 8.76. The summed E-state index contributed by atoms with van der Waals surface area (Å²) in [5.74, 6) is 1.45. The van der Waals surface area contributed by atoms with E-state index >= 15 is 0 Å². The minimum Gasteiger partial charge on any atom is -0.484 e. The van der Waals surface area contributed by atoms with Gasteiger partial charge in [-0.2, -0.15) is 0 Å². The highest BCUT2D eigenvalue weighted by molar-refractivity contribution is 5.82. The lowest BCUT2D eigenvalue weighted by molar-refractivity contribution is -0.141. The second-order valence-electron chi connectivity index (χ2n) is 6.54. The van der Waals surface area contributed by atoms with Crippen LogP contribution in [0.3, 0.4) is 0 Å². The molecule has 1 aliphatic heterocycles. The maximum atomic E-state index is 12.3. The van der Waals surface area contributed by atoms with Gasteiger partial charge >= 0.3 is 0 Å². The Labute approximate surface area is 150 Å². The molecule has 4 rings (SSSR count). The van der Waals surface area contributed by atoms with Gasteiger partial charge in [-0.1, -0.05) is 0 Å². The van der Waals surface area contributed by atoms with Crippen molar-refractivity contribution in [2.75, 3.05) is 32.8 Å². The van der Waals surface area contributed by atoms with Gasteiger partial charge in [-0.3, -0.25) is 9.59 Å². The van der Waals surface area contributed by atoms with E-state index in [0.29, 0.717) is 37.8 Å². The molecule has 26 heavy (non-hydrogen) atoms. The zero-order valence-corrected chi connectivity index (χ0v) is 14.3. The van der Waals surface area contributed by atoms with E-state index < -0.39 is 0 Å². The highest BCUT2D eigenvalue weighted by Crippen LogP contribution is 2.31. The third-order valence-corrected chi connectivity index (χ3v) is 4.69. The largest absolute Gasteiger partial charge is 0.484 e. The SMILES string of the molecule is O=C(COc1ccc(-c2nnco2)cc1)N1CCN(C(=O)C2CC2)CC1. The molecular weight excluding hydrogens is 336 g/mol. The Balaban J connectivity index is 1.24. The molecule has 0 N–H and O–H groups in total. The van der Waals surface area contributed by atoms with E-state index in [1.54, 1.807) is 29.2 Å². The van der Waals surface area contributed by atoms with Crippen LogP contribution < -0.4 is 4.74 Å². The summed E-state index contributed by atoms with van der Waals surface area (Å²) in [7, 11) is 0. The number of nitrogens with zero attached hydrogens (tertiary/aromatic N) is 4. The molecule has 2 amide bonds. The normalized spacial score (nSPS) is 17.2. The van der Waals surface area contributed by atoms with Crippen LogP contribution >= 0.6 is 0 Å². The number of carbonyl (C=O) groups excluding carboxylic acids is 2. The van der Waals surface area contributed by atoms with Gasteiger partial charge in [-0.15, -0.1) is 10.2 Å². The molecular formula is C18H20N4O4. The van der Waals surface area contributed by atoms with Crippen molar-refractivity contribution >= 4 is 11.8 Å². The van der Waals surface area contributed by atoms with Crippen molar-refractivity contribution in [1.29, 1.82) is 0 Å². The molecule has 0 bridgehead atoms. The van der Waals surface area contributed by atoms with E-state index in [2.05, 4.69) is 10.2 Å². The van der Waals surface area contributed by atoms with Crippen molar-refractivity contribution < 1.29 is 18.7 Å². The second-order valence-corrected chi connectivity index (χ2v) is 6.54. The van der Waals surface area contributed by atoms with Crippen molar-refractivity contribution in [2.45, 2.75) is 12.8 Å². The first-order valence-corrected chi connectivity index (χ1v) is 8.76. The molecule has 1 aliphatic carbocycles. The molecule has 0 radical (unpaired) electrons. The number of hydrogen-bond acceptors (Lipinski definition) is 6. The Hall–Kier alpha value is -2.90. The summed E-state index contributed by atoms with van der Waals surface area (Å²) >= 11 is 0. The zero-order chi connectivity index (χ0) is 17.9. The van der Waals surface area contributed by atoms with E-state index in [-0.39, 0.29) is 24.3 Å². The molecule has 2 heterocycles. The number of hydrogen-bond donors (Lipinski definition) is 0. The lowest BCUT2D eigenvalue weighted by atomic mass is 10.2. The number of carbonyl (C=O) groups is 2. The molecule has 0 spiro atoms. The summed E-state index contributed by atoms with van der Waals surface area (Å²) < 4.78 is 10.7. The maximum Gasteiger partial charge on any atom is 0.260 e. The smallest absolute Gasteiger partial charge is 0.260 e. The molecule has 2 aliphatic rings. The molecule has 1 aromatic heterocycles. The summed E-state index contributed by atoms with van der Waals surface area (Å²) in [6.07, 6.45) is 3.30. The van der Waals surface area contributed by atoms with Gasteiger partial charge < -0.3 is 19.0 Å². The van der Waals surface area contributed by atoms with Gasteiger partial charge in [0.2, 0.25) is 18.2 Å². The van der Waals surface area contributed by atoms with Gasteiger partial charge in [0.15, 0.2) is 6.61 Å². The Morgan fingerprint density at radius 2 is 1.77 bits per heavy atom. The first kappa shape index (κ1) is 16.6. The average molecular weight is 356 g/mol. The van der Waals surface area contributed by atoms with Crippen LogP contribution in [-0.4, -0.2) is 64.6 Å². The predicted octanol–water partition coefficient (Wildman–Crippen LogP) is 1.20. The van der Waals surface area contributed by atoms with Crippen LogP contribution in [0.4, 0.5) is 0 Å². The minimum atomic E-state index is -0.0653. The fraction of sp³-hybridized carbons (Fsp3) is 0.444. The van der Waals surface area contributed by atoms with Crippen LogP contribution in [-0.2, 0) is 9.59 Å². The van der Waals surface area contributed by atoms with E-state index in [0.717, 1.165) is 18.4 Å². The van der Waals surface area contributed by atoms with Crippen LogP contribution in [0.1, 0.15) is 12.8 Å². The van der Waals surface area contributed by atoms with Gasteiger partial charge in [-0.25, -0.2) is 0 Å². The number of amides is 2. The van der Waals surface area contributed by atoms with Gasteiger partial charge in [0, 0.05) is 37.7 Å². The number of piperazine rings is 1. The van der Waals surface area contributed by atoms with Crippen LogP contribution in [0.2, 0.25) is 0 Å². The van der Waals surface area contributed by atoms with Crippen LogP contribution in [0.25, 0.3) is 11.5 Å². The van der Waals surface area contributed by atoms with Crippen LogP contribution in [0, 0.1) is 5.92 Å². The third-order valence-electron chi connectivity index (χ3n) is 4.69. The molecule has 2 aromatic rings. The predicted molar refractivity (Wildman–Crippen MR) is 91.1 cm³/mol. The summed E-state index contributed by atoms with van der Waals surface area (Å²) in [6.45, 7) is 2.34. The van der Waals surface area contributed by atoms with Crippen molar-refractivity contribution in [1.82, 2.24) is 20.0 Å². The standard InChI is InChI=1S/C18H20N4O4/c23-16(21-7-9-22(10-8-21)18(24)14-1-2-14)11-25-15-5-3-13(4-6-15)17-20-19-12-26-17/h3-6,12,14H,1-2,7-11H2. The monoisotopic (exact) mass is 356 g/mol. The molecule has 0 atom stereocenters. The molecule has 1 saturated carbocycles. The molecule has 8 heteroatoms. The Morgan fingerprint density at radius 3 is 2.38 bits per heavy atom. The van der Waals surface area contributed by atoms with Gasteiger partial charge in [-0.05, 0) is 37.1 Å².